The van der Waals surface area contributed by atoms with Gasteiger partial charge in [-0.1, -0.05) is 36.4 Å². The molecule has 2 heterocycles. The van der Waals surface area contributed by atoms with Gasteiger partial charge in [-0.25, -0.2) is 4.98 Å². The minimum absolute atomic E-state index is 0.131. The van der Waals surface area contributed by atoms with Crippen molar-refractivity contribution in [2.45, 2.75) is 6.92 Å². The van der Waals surface area contributed by atoms with E-state index in [0.29, 0.717) is 11.5 Å². The lowest BCUT2D eigenvalue weighted by Gasteiger charge is -2.05. The van der Waals surface area contributed by atoms with E-state index in [0.717, 1.165) is 22.2 Å². The van der Waals surface area contributed by atoms with Crippen molar-refractivity contribution in [3.05, 3.63) is 76.8 Å². The van der Waals surface area contributed by atoms with Crippen molar-refractivity contribution in [1.29, 1.82) is 0 Å². The summed E-state index contributed by atoms with van der Waals surface area (Å²) in [5.74, 6) is 0.598. The monoisotopic (exact) mass is 301 g/mol. The lowest BCUT2D eigenvalue weighted by Crippen LogP contribution is -2.08. The Morgan fingerprint density at radius 3 is 2.39 bits per heavy atom. The van der Waals surface area contributed by atoms with Crippen molar-refractivity contribution in [2.24, 2.45) is 0 Å². The van der Waals surface area contributed by atoms with Gasteiger partial charge in [-0.3, -0.25) is 4.79 Å². The maximum Gasteiger partial charge on any atom is 0.251 e. The molecule has 0 aliphatic heterocycles. The van der Waals surface area contributed by atoms with Gasteiger partial charge < -0.3 is 9.97 Å². The van der Waals surface area contributed by atoms with E-state index >= 15 is 0 Å². The molecule has 2 N–H and O–H groups in total. The van der Waals surface area contributed by atoms with Gasteiger partial charge >= 0.3 is 0 Å². The van der Waals surface area contributed by atoms with Crippen molar-refractivity contribution < 1.29 is 0 Å². The summed E-state index contributed by atoms with van der Waals surface area (Å²) in [6, 6.07) is 17.9. The van der Waals surface area contributed by atoms with Crippen molar-refractivity contribution in [1.82, 2.24) is 15.0 Å². The largest absolute Gasteiger partial charge is 0.361 e. The molecule has 0 spiro atoms. The molecule has 0 bridgehead atoms. The van der Waals surface area contributed by atoms with Gasteiger partial charge in [0.25, 0.3) is 5.56 Å². The highest BCUT2D eigenvalue weighted by atomic mass is 16.1. The molecule has 0 atom stereocenters. The fourth-order valence-electron chi connectivity index (χ4n) is 2.76. The molecule has 112 valence electrons. The van der Waals surface area contributed by atoms with E-state index in [1.165, 1.54) is 11.5 Å². The number of benzene rings is 2. The summed E-state index contributed by atoms with van der Waals surface area (Å²) < 4.78 is 0. The fraction of sp³-hybridized carbons (Fsp3) is 0.0526. The topological polar surface area (TPSA) is 61.5 Å². The van der Waals surface area contributed by atoms with Crippen LogP contribution in [0.4, 0.5) is 0 Å². The fourth-order valence-corrected chi connectivity index (χ4v) is 2.76. The molecule has 0 aliphatic rings. The second-order valence-electron chi connectivity index (χ2n) is 5.59. The van der Waals surface area contributed by atoms with E-state index in [1.807, 2.05) is 37.4 Å². The van der Waals surface area contributed by atoms with Crippen LogP contribution in [0.25, 0.3) is 33.4 Å². The number of aromatic nitrogens is 3. The molecule has 2 aromatic heterocycles. The third-order valence-electron chi connectivity index (χ3n) is 3.92. The van der Waals surface area contributed by atoms with Crippen molar-refractivity contribution in [3.8, 4) is 22.5 Å². The number of nitrogens with zero attached hydrogens (tertiary/aromatic N) is 1. The maximum absolute atomic E-state index is 11.6. The number of nitrogens with one attached hydrogen (secondary N) is 2. The van der Waals surface area contributed by atoms with E-state index in [-0.39, 0.29) is 5.56 Å². The molecule has 4 nitrogen and oxygen atoms in total. The number of hydrogen-bond acceptors (Lipinski definition) is 2. The van der Waals surface area contributed by atoms with Crippen molar-refractivity contribution >= 4 is 10.9 Å². The molecule has 0 aliphatic carbocycles. The summed E-state index contributed by atoms with van der Waals surface area (Å²) in [5, 5.41) is 1.20. The van der Waals surface area contributed by atoms with Crippen molar-refractivity contribution in [2.75, 3.05) is 0 Å². The van der Waals surface area contributed by atoms with Crippen LogP contribution in [0.15, 0.2) is 65.6 Å². The van der Waals surface area contributed by atoms with Crippen LogP contribution in [-0.2, 0) is 0 Å². The first kappa shape index (κ1) is 13.5. The number of H-pyrrole nitrogens is 2. The minimum atomic E-state index is -0.131. The Morgan fingerprint density at radius 2 is 1.61 bits per heavy atom. The van der Waals surface area contributed by atoms with Gasteiger partial charge in [0.05, 0.1) is 0 Å². The first-order valence-corrected chi connectivity index (χ1v) is 7.45. The lowest BCUT2D eigenvalue weighted by atomic mass is 10.0. The highest BCUT2D eigenvalue weighted by molar-refractivity contribution is 5.85. The molecular weight excluding hydrogens is 286 g/mol. The molecule has 2 aromatic carbocycles. The Labute approximate surface area is 132 Å². The van der Waals surface area contributed by atoms with Gasteiger partial charge in [-0.15, -0.1) is 0 Å². The second-order valence-corrected chi connectivity index (χ2v) is 5.59. The van der Waals surface area contributed by atoms with E-state index in [9.17, 15) is 4.79 Å². The highest BCUT2D eigenvalue weighted by Crippen LogP contribution is 2.25. The maximum atomic E-state index is 11.6. The van der Waals surface area contributed by atoms with Gasteiger partial charge in [0.1, 0.15) is 5.82 Å². The summed E-state index contributed by atoms with van der Waals surface area (Å²) >= 11 is 0. The molecule has 0 fully saturated rings. The normalized spacial score (nSPS) is 11.0. The average molecular weight is 301 g/mol. The summed E-state index contributed by atoms with van der Waals surface area (Å²) in [7, 11) is 0. The molecule has 0 saturated heterocycles. The van der Waals surface area contributed by atoms with Gasteiger partial charge in [0.15, 0.2) is 0 Å². The Kier molecular flexibility index (Phi) is 3.08. The number of rotatable bonds is 2. The van der Waals surface area contributed by atoms with E-state index in [1.54, 1.807) is 0 Å². The van der Waals surface area contributed by atoms with Crippen LogP contribution in [0, 0.1) is 6.92 Å². The number of hydrogen-bond donors (Lipinski definition) is 2. The quantitative estimate of drug-likeness (QED) is 0.590. The second kappa shape index (κ2) is 5.25. The van der Waals surface area contributed by atoms with Gasteiger partial charge in [0.2, 0.25) is 0 Å². The molecule has 4 heteroatoms. The standard InChI is InChI=1S/C19H15N3O/c1-12-10-18(23)22-19(21-12)15-5-2-13(3-6-15)16-7-4-14-8-9-20-17(14)11-16/h2-11,20H,1H3,(H,21,22,23). The molecule has 0 amide bonds. The molecule has 0 saturated carbocycles. The lowest BCUT2D eigenvalue weighted by molar-refractivity contribution is 1.07. The molecule has 23 heavy (non-hydrogen) atoms. The van der Waals surface area contributed by atoms with E-state index in [4.69, 9.17) is 0 Å². The van der Waals surface area contributed by atoms with Crippen LogP contribution in [0.5, 0.6) is 0 Å². The van der Waals surface area contributed by atoms with Gasteiger partial charge in [-0.05, 0) is 35.6 Å². The number of aryl methyl sites for hydroxylation is 1. The predicted molar refractivity (Wildman–Crippen MR) is 92.3 cm³/mol. The SMILES string of the molecule is Cc1cc(=O)[nH]c(-c2ccc(-c3ccc4cc[nH]c4c3)cc2)n1. The Hall–Kier alpha value is -3.14. The molecular formula is C19H15N3O. The summed E-state index contributed by atoms with van der Waals surface area (Å²) in [6.07, 6.45) is 1.94. The third-order valence-corrected chi connectivity index (χ3v) is 3.92. The zero-order valence-electron chi connectivity index (χ0n) is 12.6. The minimum Gasteiger partial charge on any atom is -0.361 e. The Balaban J connectivity index is 1.73. The zero-order chi connectivity index (χ0) is 15.8. The van der Waals surface area contributed by atoms with E-state index < -0.39 is 0 Å². The summed E-state index contributed by atoms with van der Waals surface area (Å²) in [4.78, 5) is 22.0. The third kappa shape index (κ3) is 2.55. The number of fused-ring (bicyclic) bond motifs is 1. The summed E-state index contributed by atoms with van der Waals surface area (Å²) in [6.45, 7) is 1.82. The van der Waals surface area contributed by atoms with Crippen LogP contribution >= 0.6 is 0 Å². The molecule has 0 unspecified atom stereocenters. The highest BCUT2D eigenvalue weighted by Gasteiger charge is 2.04. The Morgan fingerprint density at radius 1 is 0.870 bits per heavy atom. The average Bonchev–Trinajstić information content (AvgIpc) is 3.01. The molecule has 4 rings (SSSR count). The first-order valence-electron chi connectivity index (χ1n) is 7.45. The van der Waals surface area contributed by atoms with Gasteiger partial charge in [0, 0.05) is 29.0 Å². The smallest absolute Gasteiger partial charge is 0.251 e. The van der Waals surface area contributed by atoms with Crippen LogP contribution in [0.3, 0.4) is 0 Å². The van der Waals surface area contributed by atoms with Gasteiger partial charge in [-0.2, -0.15) is 0 Å². The van der Waals surface area contributed by atoms with Crippen LogP contribution in [-0.4, -0.2) is 15.0 Å². The number of aromatic amines is 2. The first-order chi connectivity index (χ1) is 11.2. The zero-order valence-corrected chi connectivity index (χ0v) is 12.6. The van der Waals surface area contributed by atoms with Crippen LogP contribution in [0.1, 0.15) is 5.69 Å². The predicted octanol–water partition coefficient (Wildman–Crippen LogP) is 3.89. The molecule has 0 radical (unpaired) electrons. The Bertz CT molecular complexity index is 1040. The van der Waals surface area contributed by atoms with E-state index in [2.05, 4.69) is 39.2 Å². The van der Waals surface area contributed by atoms with Crippen molar-refractivity contribution in [3.63, 3.8) is 0 Å². The van der Waals surface area contributed by atoms with Crippen LogP contribution < -0.4 is 5.56 Å². The summed E-state index contributed by atoms with van der Waals surface area (Å²) in [5.41, 5.74) is 4.88. The molecule has 4 aromatic rings. The van der Waals surface area contributed by atoms with Crippen LogP contribution in [0.2, 0.25) is 0 Å².